The molecular weight excluding hydrogens is 396 g/mol. The van der Waals surface area contributed by atoms with Crippen molar-refractivity contribution in [2.75, 3.05) is 5.32 Å². The van der Waals surface area contributed by atoms with Crippen LogP contribution in [0.25, 0.3) is 22.8 Å². The molecule has 1 aromatic carbocycles. The first-order chi connectivity index (χ1) is 15.1. The predicted molar refractivity (Wildman–Crippen MR) is 114 cm³/mol. The van der Waals surface area contributed by atoms with Crippen LogP contribution in [0.4, 0.5) is 5.95 Å². The molecule has 0 spiro atoms. The highest BCUT2D eigenvalue weighted by molar-refractivity contribution is 6.03. The van der Waals surface area contributed by atoms with Crippen LogP contribution in [0.15, 0.2) is 73.2 Å². The van der Waals surface area contributed by atoms with E-state index < -0.39 is 0 Å². The van der Waals surface area contributed by atoms with Crippen molar-refractivity contribution in [1.82, 2.24) is 24.9 Å². The molecule has 154 valence electrons. The van der Waals surface area contributed by atoms with E-state index in [1.807, 2.05) is 55.5 Å². The van der Waals surface area contributed by atoms with Crippen molar-refractivity contribution in [1.29, 1.82) is 0 Å². The van der Waals surface area contributed by atoms with Gasteiger partial charge in [0.2, 0.25) is 5.95 Å². The number of nitrogens with zero attached hydrogens (tertiary/aromatic N) is 5. The normalized spacial score (nSPS) is 9.84. The van der Waals surface area contributed by atoms with Crippen LogP contribution in [0.1, 0.15) is 16.1 Å². The number of nitrogens with one attached hydrogen (secondary N) is 1. The van der Waals surface area contributed by atoms with Gasteiger partial charge in [-0.3, -0.25) is 19.9 Å². The molecule has 0 atom stereocenters. The van der Waals surface area contributed by atoms with Crippen LogP contribution in [0.2, 0.25) is 0 Å². The Labute approximate surface area is 177 Å². The first-order valence-corrected chi connectivity index (χ1v) is 9.14. The van der Waals surface area contributed by atoms with Crippen LogP contribution in [0.3, 0.4) is 0 Å². The van der Waals surface area contributed by atoms with Gasteiger partial charge in [0.1, 0.15) is 5.69 Å². The van der Waals surface area contributed by atoms with Gasteiger partial charge in [0, 0.05) is 29.8 Å². The fourth-order valence-corrected chi connectivity index (χ4v) is 2.63. The van der Waals surface area contributed by atoms with Gasteiger partial charge >= 0.3 is 0 Å². The van der Waals surface area contributed by atoms with Gasteiger partial charge in [-0.05, 0) is 25.1 Å². The van der Waals surface area contributed by atoms with Crippen LogP contribution in [0.5, 0.6) is 0 Å². The smallest absolute Gasteiger partial charge is 0.290 e. The van der Waals surface area contributed by atoms with Gasteiger partial charge in [0.05, 0.1) is 11.3 Å². The van der Waals surface area contributed by atoms with E-state index in [1.54, 1.807) is 12.3 Å². The second kappa shape index (κ2) is 10.3. The summed E-state index contributed by atoms with van der Waals surface area (Å²) in [7, 11) is 0. The largest absolute Gasteiger partial charge is 0.483 e. The van der Waals surface area contributed by atoms with E-state index in [2.05, 4.69) is 30.2 Å². The summed E-state index contributed by atoms with van der Waals surface area (Å²) in [5, 5.41) is 9.60. The van der Waals surface area contributed by atoms with E-state index in [1.165, 1.54) is 12.4 Å². The maximum atomic E-state index is 12.5. The van der Waals surface area contributed by atoms with Crippen LogP contribution < -0.4 is 5.32 Å². The molecule has 31 heavy (non-hydrogen) atoms. The Morgan fingerprint density at radius 3 is 2.26 bits per heavy atom. The van der Waals surface area contributed by atoms with Gasteiger partial charge in [0.25, 0.3) is 12.4 Å². The molecule has 0 unspecified atom stereocenters. The van der Waals surface area contributed by atoms with Crippen LogP contribution in [-0.2, 0) is 4.79 Å². The lowest BCUT2D eigenvalue weighted by Crippen LogP contribution is -2.15. The van der Waals surface area contributed by atoms with E-state index >= 15 is 0 Å². The lowest BCUT2D eigenvalue weighted by atomic mass is 10.1. The van der Waals surface area contributed by atoms with Crippen LogP contribution in [0, 0.1) is 6.92 Å². The molecule has 3 heterocycles. The third kappa shape index (κ3) is 5.73. The van der Waals surface area contributed by atoms with Crippen molar-refractivity contribution in [3.05, 3.63) is 84.4 Å². The predicted octanol–water partition coefficient (Wildman–Crippen LogP) is 3.26. The Morgan fingerprint density at radius 1 is 0.935 bits per heavy atom. The maximum Gasteiger partial charge on any atom is 0.290 e. The minimum atomic E-state index is -0.378. The molecule has 0 aliphatic rings. The first kappa shape index (κ1) is 21.2. The molecule has 9 nitrogen and oxygen atoms in total. The number of aromatic nitrogens is 5. The summed E-state index contributed by atoms with van der Waals surface area (Å²) in [5.74, 6) is 0.310. The lowest BCUT2D eigenvalue weighted by Gasteiger charge is -2.08. The topological polar surface area (TPSA) is 131 Å². The molecule has 0 bridgehead atoms. The minimum absolute atomic E-state index is 0.234. The van der Waals surface area contributed by atoms with Crippen molar-refractivity contribution >= 4 is 18.3 Å². The zero-order valence-corrected chi connectivity index (χ0v) is 16.5. The molecule has 1 amide bonds. The van der Waals surface area contributed by atoms with E-state index in [0.29, 0.717) is 17.1 Å². The van der Waals surface area contributed by atoms with Gasteiger partial charge in [-0.1, -0.05) is 36.4 Å². The highest BCUT2D eigenvalue weighted by Gasteiger charge is 2.12. The second-order valence-electron chi connectivity index (χ2n) is 6.15. The van der Waals surface area contributed by atoms with Crippen LogP contribution >= 0.6 is 0 Å². The van der Waals surface area contributed by atoms with Crippen molar-refractivity contribution in [3.63, 3.8) is 0 Å². The van der Waals surface area contributed by atoms with Gasteiger partial charge in [0.15, 0.2) is 5.82 Å². The fourth-order valence-electron chi connectivity index (χ4n) is 2.63. The Hall–Kier alpha value is -4.53. The number of carbonyl (C=O) groups excluding carboxylic acids is 1. The Bertz CT molecular complexity index is 1150. The minimum Gasteiger partial charge on any atom is -0.483 e. The molecule has 0 saturated carbocycles. The van der Waals surface area contributed by atoms with Crippen molar-refractivity contribution in [2.45, 2.75) is 6.92 Å². The molecule has 0 aliphatic carbocycles. The summed E-state index contributed by atoms with van der Waals surface area (Å²) in [6.07, 6.45) is 4.58. The monoisotopic (exact) mass is 414 g/mol. The molecule has 0 aliphatic heterocycles. The van der Waals surface area contributed by atoms with E-state index in [4.69, 9.17) is 9.90 Å². The first-order valence-electron chi connectivity index (χ1n) is 9.14. The van der Waals surface area contributed by atoms with Crippen molar-refractivity contribution in [2.24, 2.45) is 0 Å². The molecule has 0 radical (unpaired) electrons. The van der Waals surface area contributed by atoms with E-state index in [9.17, 15) is 4.79 Å². The standard InChI is InChI=1S/C21H16N6O.CH2O2/c1-14-11-18(15-7-3-2-4-8-15)26-21(25-14)27-20(28)16-12-23-19(24-13-16)17-9-5-6-10-22-17;2-1-3/h2-13H,1H3,(H,25,26,27,28);1H,(H,2,3). The molecule has 2 N–H and O–H groups in total. The van der Waals surface area contributed by atoms with E-state index in [0.717, 1.165) is 17.0 Å². The summed E-state index contributed by atoms with van der Waals surface area (Å²) in [4.78, 5) is 42.3. The summed E-state index contributed by atoms with van der Waals surface area (Å²) in [6.45, 7) is 1.61. The van der Waals surface area contributed by atoms with Gasteiger partial charge in [-0.25, -0.2) is 19.9 Å². The molecule has 4 aromatic rings. The highest BCUT2D eigenvalue weighted by Crippen LogP contribution is 2.19. The number of hydrogen-bond donors (Lipinski definition) is 2. The number of benzene rings is 1. The number of anilines is 1. The molecule has 0 fully saturated rings. The Morgan fingerprint density at radius 2 is 1.61 bits per heavy atom. The number of rotatable bonds is 4. The summed E-state index contributed by atoms with van der Waals surface area (Å²) >= 11 is 0. The average molecular weight is 414 g/mol. The van der Waals surface area contributed by atoms with Crippen molar-refractivity contribution < 1.29 is 14.7 Å². The van der Waals surface area contributed by atoms with Crippen LogP contribution in [-0.4, -0.2) is 42.4 Å². The number of aryl methyl sites for hydroxylation is 1. The summed E-state index contributed by atoms with van der Waals surface area (Å²) < 4.78 is 0. The van der Waals surface area contributed by atoms with Gasteiger partial charge < -0.3 is 5.11 Å². The average Bonchev–Trinajstić information content (AvgIpc) is 2.80. The zero-order chi connectivity index (χ0) is 22.1. The number of pyridine rings is 1. The number of amides is 1. The Balaban J connectivity index is 0.000000858. The third-order valence-corrected chi connectivity index (χ3v) is 3.96. The fraction of sp³-hybridized carbons (Fsp3) is 0.0455. The SMILES string of the molecule is Cc1cc(-c2ccccc2)nc(NC(=O)c2cnc(-c3ccccn3)nc2)n1.O=CO. The molecular formula is C22H18N6O3. The zero-order valence-electron chi connectivity index (χ0n) is 16.5. The quantitative estimate of drug-likeness (QED) is 0.487. The highest BCUT2D eigenvalue weighted by atomic mass is 16.3. The van der Waals surface area contributed by atoms with Gasteiger partial charge in [-0.2, -0.15) is 0 Å². The maximum absolute atomic E-state index is 12.5. The summed E-state index contributed by atoms with van der Waals surface area (Å²) in [5.41, 5.74) is 3.40. The van der Waals surface area contributed by atoms with E-state index in [-0.39, 0.29) is 18.3 Å². The molecule has 9 heteroatoms. The van der Waals surface area contributed by atoms with Crippen molar-refractivity contribution in [3.8, 4) is 22.8 Å². The third-order valence-electron chi connectivity index (χ3n) is 3.96. The number of hydrogen-bond acceptors (Lipinski definition) is 7. The molecule has 4 rings (SSSR count). The summed E-state index contributed by atoms with van der Waals surface area (Å²) in [6, 6.07) is 17.1. The lowest BCUT2D eigenvalue weighted by molar-refractivity contribution is -0.122. The number of carboxylic acid groups (broad SMARTS) is 1. The molecule has 3 aromatic heterocycles. The molecule has 0 saturated heterocycles. The van der Waals surface area contributed by atoms with Gasteiger partial charge in [-0.15, -0.1) is 0 Å². The second-order valence-corrected chi connectivity index (χ2v) is 6.15. The number of carbonyl (C=O) groups is 2. The Kier molecular flexibility index (Phi) is 7.04.